The summed E-state index contributed by atoms with van der Waals surface area (Å²) in [4.78, 5) is 38.4. The van der Waals surface area contributed by atoms with Crippen LogP contribution in [0.3, 0.4) is 0 Å². The number of hydrogen-bond acceptors (Lipinski definition) is 6. The summed E-state index contributed by atoms with van der Waals surface area (Å²) >= 11 is 0. The van der Waals surface area contributed by atoms with Gasteiger partial charge in [-0.1, -0.05) is 314 Å². The molecule has 0 aromatic heterocycles. The Morgan fingerprint density at radius 3 is 0.771 bits per heavy atom. The van der Waals surface area contributed by atoms with Gasteiger partial charge in [-0.3, -0.25) is 14.4 Å². The van der Waals surface area contributed by atoms with E-state index in [-0.39, 0.29) is 37.5 Å². The molecule has 0 saturated carbocycles. The van der Waals surface area contributed by atoms with Gasteiger partial charge < -0.3 is 14.2 Å². The highest BCUT2D eigenvalue weighted by Gasteiger charge is 2.19. The molecular formula is C77H126O6. The molecule has 83 heavy (non-hydrogen) atoms. The quantitative estimate of drug-likeness (QED) is 0.0261. The lowest BCUT2D eigenvalue weighted by Crippen LogP contribution is -2.30. The highest BCUT2D eigenvalue weighted by Crippen LogP contribution is 2.16. The SMILES string of the molecule is CC/C=C\C/C=C\C/C=C\C/C=C\C/C=C\C/C=C\C/C=C\CCCCCCCCCCCC(=O)OCC(COC(=O)CCCCCCCCCCCCCCCCCCC)OC(=O)CCC/C=C\C/C=C\C/C=C\C/C=C\C/C=C\CC. The van der Waals surface area contributed by atoms with Crippen molar-refractivity contribution < 1.29 is 28.6 Å². The van der Waals surface area contributed by atoms with E-state index in [4.69, 9.17) is 14.2 Å². The molecule has 0 rings (SSSR count). The fourth-order valence-electron chi connectivity index (χ4n) is 9.28. The molecule has 6 heteroatoms. The van der Waals surface area contributed by atoms with Crippen molar-refractivity contribution in [3.05, 3.63) is 146 Å². The van der Waals surface area contributed by atoms with Crippen LogP contribution in [0.25, 0.3) is 0 Å². The van der Waals surface area contributed by atoms with E-state index < -0.39 is 6.10 Å². The zero-order valence-electron chi connectivity index (χ0n) is 53.9. The molecule has 1 unspecified atom stereocenters. The summed E-state index contributed by atoms with van der Waals surface area (Å²) in [5.41, 5.74) is 0. The minimum atomic E-state index is -0.816. The van der Waals surface area contributed by atoms with E-state index in [0.29, 0.717) is 19.3 Å². The molecule has 1 atom stereocenters. The standard InChI is InChI=1S/C77H126O6/c1-4-7-10-13-16-19-22-25-28-31-32-33-34-35-36-37-38-39-40-41-42-43-44-47-49-52-55-58-61-64-67-70-76(79)82-73-74(83-77(80)71-68-65-62-59-56-53-50-46-30-27-24-21-18-15-12-9-6-3)72-81-75(78)69-66-63-60-57-54-51-48-45-29-26-23-20-17-14-11-8-5-2/h7,9-10,12,16,18-19,21,25,27-28,30,32-33,35-36,38-39,41-42,50,53,59,62,74H,4-6,8,11,13-15,17,20,22-24,26,29,31,34,37,40,43-49,51-52,54-58,60-61,63-73H2,1-3H3/b10-7-,12-9-,19-16-,21-18-,28-25-,30-27-,33-32-,36-35-,39-38-,42-41-,53-50-,62-59-. The molecule has 0 N–H and O–H groups in total. The molecule has 470 valence electrons. The number of hydrogen-bond donors (Lipinski definition) is 0. The van der Waals surface area contributed by atoms with Crippen LogP contribution in [0.5, 0.6) is 0 Å². The Kier molecular flexibility index (Phi) is 65.8. The maximum Gasteiger partial charge on any atom is 0.306 e. The van der Waals surface area contributed by atoms with Crippen LogP contribution in [-0.4, -0.2) is 37.2 Å². The van der Waals surface area contributed by atoms with Gasteiger partial charge in [0, 0.05) is 19.3 Å². The van der Waals surface area contributed by atoms with Crippen LogP contribution in [0.2, 0.25) is 0 Å². The molecule has 0 amide bonds. The molecule has 0 aromatic carbocycles. The van der Waals surface area contributed by atoms with E-state index in [1.807, 2.05) is 0 Å². The number of unbranched alkanes of at least 4 members (excludes halogenated alkanes) is 26. The van der Waals surface area contributed by atoms with Crippen LogP contribution >= 0.6 is 0 Å². The minimum absolute atomic E-state index is 0.104. The first-order chi connectivity index (χ1) is 41.0. The summed E-state index contributed by atoms with van der Waals surface area (Å²) in [7, 11) is 0. The largest absolute Gasteiger partial charge is 0.462 e. The van der Waals surface area contributed by atoms with E-state index in [2.05, 4.69) is 167 Å². The minimum Gasteiger partial charge on any atom is -0.462 e. The predicted octanol–water partition coefficient (Wildman–Crippen LogP) is 23.9. The smallest absolute Gasteiger partial charge is 0.306 e. The summed E-state index contributed by atoms with van der Waals surface area (Å²) in [6.45, 7) is 6.38. The van der Waals surface area contributed by atoms with Crippen LogP contribution < -0.4 is 0 Å². The molecule has 0 aliphatic heterocycles. The number of carbonyl (C=O) groups is 3. The second-order valence-electron chi connectivity index (χ2n) is 22.3. The van der Waals surface area contributed by atoms with E-state index in [1.54, 1.807) is 0 Å². The van der Waals surface area contributed by atoms with Crippen LogP contribution in [0.4, 0.5) is 0 Å². The predicted molar refractivity (Wildman–Crippen MR) is 362 cm³/mol. The van der Waals surface area contributed by atoms with Crippen molar-refractivity contribution in [2.45, 2.75) is 309 Å². The van der Waals surface area contributed by atoms with Crippen molar-refractivity contribution in [1.82, 2.24) is 0 Å². The molecule has 0 saturated heterocycles. The first kappa shape index (κ1) is 78.3. The maximum absolute atomic E-state index is 12.9. The van der Waals surface area contributed by atoms with E-state index in [0.717, 1.165) is 128 Å². The average molecular weight is 1150 g/mol. The van der Waals surface area contributed by atoms with Crippen molar-refractivity contribution in [1.29, 1.82) is 0 Å². The van der Waals surface area contributed by atoms with E-state index in [9.17, 15) is 14.4 Å². The lowest BCUT2D eigenvalue weighted by molar-refractivity contribution is -0.167. The first-order valence-corrected chi connectivity index (χ1v) is 34.3. The number of ether oxygens (including phenoxy) is 3. The first-order valence-electron chi connectivity index (χ1n) is 34.3. The van der Waals surface area contributed by atoms with Crippen LogP contribution in [-0.2, 0) is 28.6 Å². The molecule has 0 heterocycles. The molecule has 0 aromatic rings. The Bertz CT molecular complexity index is 1800. The molecule has 0 aliphatic carbocycles. The lowest BCUT2D eigenvalue weighted by Gasteiger charge is -2.18. The lowest BCUT2D eigenvalue weighted by atomic mass is 10.0. The molecule has 0 radical (unpaired) electrons. The summed E-state index contributed by atoms with van der Waals surface area (Å²) in [5.74, 6) is -0.963. The average Bonchev–Trinajstić information content (AvgIpc) is 3.49. The number of esters is 3. The maximum atomic E-state index is 12.9. The zero-order chi connectivity index (χ0) is 59.9. The van der Waals surface area contributed by atoms with Gasteiger partial charge >= 0.3 is 17.9 Å². The Balaban J connectivity index is 4.38. The molecule has 0 fully saturated rings. The normalized spacial score (nSPS) is 13.0. The summed E-state index contributed by atoms with van der Waals surface area (Å²) in [5, 5.41) is 0. The molecule has 0 aliphatic rings. The number of carbonyl (C=O) groups excluding carboxylic acids is 3. The van der Waals surface area contributed by atoms with Gasteiger partial charge in [-0.15, -0.1) is 0 Å². The summed E-state index contributed by atoms with van der Waals surface area (Å²) in [6, 6.07) is 0. The van der Waals surface area contributed by atoms with Crippen molar-refractivity contribution in [2.75, 3.05) is 13.2 Å². The Hall–Kier alpha value is -4.71. The third-order valence-corrected chi connectivity index (χ3v) is 14.3. The van der Waals surface area contributed by atoms with E-state index >= 15 is 0 Å². The van der Waals surface area contributed by atoms with Gasteiger partial charge in [-0.2, -0.15) is 0 Å². The molecule has 0 bridgehead atoms. The van der Waals surface area contributed by atoms with Crippen molar-refractivity contribution in [3.8, 4) is 0 Å². The van der Waals surface area contributed by atoms with Gasteiger partial charge in [0.05, 0.1) is 0 Å². The summed E-state index contributed by atoms with van der Waals surface area (Å²) in [6.07, 6.45) is 100. The van der Waals surface area contributed by atoms with Crippen molar-refractivity contribution in [3.63, 3.8) is 0 Å². The fourth-order valence-corrected chi connectivity index (χ4v) is 9.28. The molecule has 6 nitrogen and oxygen atoms in total. The summed E-state index contributed by atoms with van der Waals surface area (Å²) < 4.78 is 16.9. The van der Waals surface area contributed by atoms with Gasteiger partial charge in [-0.05, 0) is 116 Å². The van der Waals surface area contributed by atoms with Gasteiger partial charge in [0.1, 0.15) is 13.2 Å². The van der Waals surface area contributed by atoms with Crippen LogP contribution in [0.1, 0.15) is 303 Å². The molecular weight excluding hydrogens is 1020 g/mol. The highest BCUT2D eigenvalue weighted by molar-refractivity contribution is 5.71. The third-order valence-electron chi connectivity index (χ3n) is 14.3. The second kappa shape index (κ2) is 69.8. The fraction of sp³-hybridized carbons (Fsp3) is 0.649. The van der Waals surface area contributed by atoms with Crippen LogP contribution in [0.15, 0.2) is 146 Å². The van der Waals surface area contributed by atoms with Gasteiger partial charge in [0.2, 0.25) is 0 Å². The Labute approximate surface area is 512 Å². The third kappa shape index (κ3) is 68.0. The zero-order valence-corrected chi connectivity index (χ0v) is 53.9. The molecule has 0 spiro atoms. The van der Waals surface area contributed by atoms with Crippen molar-refractivity contribution >= 4 is 17.9 Å². The van der Waals surface area contributed by atoms with E-state index in [1.165, 1.54) is 128 Å². The van der Waals surface area contributed by atoms with Gasteiger partial charge in [0.15, 0.2) is 6.10 Å². The topological polar surface area (TPSA) is 78.9 Å². The second-order valence-corrected chi connectivity index (χ2v) is 22.3. The van der Waals surface area contributed by atoms with Crippen molar-refractivity contribution in [2.24, 2.45) is 0 Å². The van der Waals surface area contributed by atoms with Crippen LogP contribution in [0, 0.1) is 0 Å². The van der Waals surface area contributed by atoms with Gasteiger partial charge in [-0.25, -0.2) is 0 Å². The monoisotopic (exact) mass is 1150 g/mol. The number of rotatable bonds is 61. The highest BCUT2D eigenvalue weighted by atomic mass is 16.6. The Morgan fingerprint density at radius 1 is 0.253 bits per heavy atom. The van der Waals surface area contributed by atoms with Gasteiger partial charge in [0.25, 0.3) is 0 Å². The Morgan fingerprint density at radius 2 is 0.482 bits per heavy atom. The number of allylic oxidation sites excluding steroid dienone is 24.